The molecular formula is C12H18N4O. The zero-order chi connectivity index (χ0) is 12.4. The topological polar surface area (TPSA) is 71.2 Å². The van der Waals surface area contributed by atoms with Crippen LogP contribution in [0.1, 0.15) is 19.0 Å². The number of hydrogen-bond acceptors (Lipinski definition) is 4. The molecule has 1 amide bonds. The molecule has 5 nitrogen and oxygen atoms in total. The average molecular weight is 234 g/mol. The molecule has 1 aliphatic rings. The molecule has 0 aliphatic carbocycles. The Hall–Kier alpha value is -1.78. The number of aryl methyl sites for hydroxylation is 1. The first kappa shape index (κ1) is 11.7. The molecule has 92 valence electrons. The lowest BCUT2D eigenvalue weighted by Crippen LogP contribution is -2.35. The molecule has 0 spiro atoms. The summed E-state index contributed by atoms with van der Waals surface area (Å²) in [5, 5.41) is 2.93. The third-order valence-corrected chi connectivity index (χ3v) is 2.94. The van der Waals surface area contributed by atoms with Gasteiger partial charge in [0.15, 0.2) is 5.82 Å². The minimum atomic E-state index is 0.0158. The number of aromatic nitrogens is 1. The molecule has 1 atom stereocenters. The summed E-state index contributed by atoms with van der Waals surface area (Å²) in [6.45, 7) is 5.15. The zero-order valence-corrected chi connectivity index (χ0v) is 10.2. The first-order chi connectivity index (χ1) is 8.06. The Labute approximate surface area is 101 Å². The number of nitrogens with one attached hydrogen (secondary N) is 1. The standard InChI is InChI=1S/C12H18N4O/c1-8-3-4-11(13)12(14-8)16-6-5-10(7-16)15-9(2)17/h3-4,10H,5-7,13H2,1-2H3,(H,15,17). The lowest BCUT2D eigenvalue weighted by molar-refractivity contribution is -0.119. The van der Waals surface area contributed by atoms with Crippen LogP contribution >= 0.6 is 0 Å². The fraction of sp³-hybridized carbons (Fsp3) is 0.500. The highest BCUT2D eigenvalue weighted by Gasteiger charge is 2.25. The average Bonchev–Trinajstić information content (AvgIpc) is 2.69. The van der Waals surface area contributed by atoms with Gasteiger partial charge in [-0.15, -0.1) is 0 Å². The van der Waals surface area contributed by atoms with Gasteiger partial charge in [-0.1, -0.05) is 0 Å². The molecule has 0 saturated carbocycles. The van der Waals surface area contributed by atoms with E-state index < -0.39 is 0 Å². The van der Waals surface area contributed by atoms with Gasteiger partial charge in [0, 0.05) is 31.7 Å². The number of nitrogens with two attached hydrogens (primary N) is 1. The van der Waals surface area contributed by atoms with Crippen LogP contribution in [0.4, 0.5) is 11.5 Å². The molecule has 0 radical (unpaired) electrons. The van der Waals surface area contributed by atoms with Crippen molar-refractivity contribution in [3.63, 3.8) is 0 Å². The van der Waals surface area contributed by atoms with Gasteiger partial charge in [0.05, 0.1) is 5.69 Å². The van der Waals surface area contributed by atoms with Crippen LogP contribution in [-0.2, 0) is 4.79 Å². The van der Waals surface area contributed by atoms with Crippen molar-refractivity contribution in [3.8, 4) is 0 Å². The monoisotopic (exact) mass is 234 g/mol. The summed E-state index contributed by atoms with van der Waals surface area (Å²) >= 11 is 0. The number of nitrogens with zero attached hydrogens (tertiary/aromatic N) is 2. The van der Waals surface area contributed by atoms with E-state index in [1.807, 2.05) is 19.1 Å². The second-order valence-electron chi connectivity index (χ2n) is 4.50. The van der Waals surface area contributed by atoms with Crippen LogP contribution in [-0.4, -0.2) is 30.0 Å². The van der Waals surface area contributed by atoms with Crippen molar-refractivity contribution in [2.24, 2.45) is 0 Å². The summed E-state index contributed by atoms with van der Waals surface area (Å²) < 4.78 is 0. The maximum Gasteiger partial charge on any atom is 0.217 e. The maximum atomic E-state index is 11.0. The molecule has 17 heavy (non-hydrogen) atoms. The normalized spacial score (nSPS) is 19.4. The van der Waals surface area contributed by atoms with Crippen LogP contribution in [0.25, 0.3) is 0 Å². The van der Waals surface area contributed by atoms with Gasteiger partial charge in [-0.2, -0.15) is 0 Å². The number of pyridine rings is 1. The molecule has 1 aromatic rings. The molecular weight excluding hydrogens is 216 g/mol. The largest absolute Gasteiger partial charge is 0.396 e. The van der Waals surface area contributed by atoms with Crippen molar-refractivity contribution < 1.29 is 4.79 Å². The van der Waals surface area contributed by atoms with E-state index in [4.69, 9.17) is 5.73 Å². The number of rotatable bonds is 2. The smallest absolute Gasteiger partial charge is 0.217 e. The Morgan fingerprint density at radius 1 is 1.59 bits per heavy atom. The van der Waals surface area contributed by atoms with E-state index in [1.165, 1.54) is 0 Å². The first-order valence-corrected chi connectivity index (χ1v) is 5.81. The van der Waals surface area contributed by atoms with Crippen LogP contribution in [0.15, 0.2) is 12.1 Å². The maximum absolute atomic E-state index is 11.0. The Balaban J connectivity index is 2.09. The number of anilines is 2. The Morgan fingerprint density at radius 2 is 2.35 bits per heavy atom. The lowest BCUT2D eigenvalue weighted by Gasteiger charge is -2.19. The van der Waals surface area contributed by atoms with Gasteiger partial charge in [0.25, 0.3) is 0 Å². The fourth-order valence-electron chi connectivity index (χ4n) is 2.16. The van der Waals surface area contributed by atoms with E-state index in [1.54, 1.807) is 6.92 Å². The number of nitrogen functional groups attached to an aromatic ring is 1. The van der Waals surface area contributed by atoms with Gasteiger partial charge in [-0.25, -0.2) is 4.98 Å². The van der Waals surface area contributed by atoms with Crippen molar-refractivity contribution in [1.29, 1.82) is 0 Å². The van der Waals surface area contributed by atoms with Crippen LogP contribution in [0.2, 0.25) is 0 Å². The molecule has 3 N–H and O–H groups in total. The Bertz CT molecular complexity index is 433. The molecule has 5 heteroatoms. The van der Waals surface area contributed by atoms with Crippen molar-refractivity contribution in [2.45, 2.75) is 26.3 Å². The summed E-state index contributed by atoms with van der Waals surface area (Å²) in [6.07, 6.45) is 0.939. The first-order valence-electron chi connectivity index (χ1n) is 5.81. The van der Waals surface area contributed by atoms with E-state index in [2.05, 4.69) is 15.2 Å². The van der Waals surface area contributed by atoms with E-state index in [0.717, 1.165) is 31.0 Å². The third kappa shape index (κ3) is 2.67. The number of carbonyl (C=O) groups is 1. The number of carbonyl (C=O) groups excluding carboxylic acids is 1. The summed E-state index contributed by atoms with van der Waals surface area (Å²) in [4.78, 5) is 17.6. The second-order valence-corrected chi connectivity index (χ2v) is 4.50. The minimum Gasteiger partial charge on any atom is -0.396 e. The van der Waals surface area contributed by atoms with Gasteiger partial charge in [0.1, 0.15) is 0 Å². The quantitative estimate of drug-likeness (QED) is 0.789. The van der Waals surface area contributed by atoms with Crippen LogP contribution in [0, 0.1) is 6.92 Å². The lowest BCUT2D eigenvalue weighted by atomic mass is 10.2. The highest BCUT2D eigenvalue weighted by atomic mass is 16.1. The predicted octanol–water partition coefficient (Wildman–Crippen LogP) is 0.687. The van der Waals surface area contributed by atoms with Crippen molar-refractivity contribution in [2.75, 3.05) is 23.7 Å². The molecule has 1 fully saturated rings. The molecule has 1 aromatic heterocycles. The van der Waals surface area contributed by atoms with Crippen LogP contribution in [0.5, 0.6) is 0 Å². The highest BCUT2D eigenvalue weighted by Crippen LogP contribution is 2.24. The van der Waals surface area contributed by atoms with Gasteiger partial charge >= 0.3 is 0 Å². The molecule has 1 saturated heterocycles. The second kappa shape index (κ2) is 4.61. The molecule has 0 aromatic carbocycles. The molecule has 2 rings (SSSR count). The Morgan fingerprint density at radius 3 is 3.06 bits per heavy atom. The molecule has 1 aliphatic heterocycles. The summed E-state index contributed by atoms with van der Waals surface area (Å²) in [5.41, 5.74) is 7.57. The minimum absolute atomic E-state index is 0.0158. The van der Waals surface area contributed by atoms with Crippen LogP contribution in [0.3, 0.4) is 0 Å². The van der Waals surface area contributed by atoms with Gasteiger partial charge in [-0.05, 0) is 25.5 Å². The summed E-state index contributed by atoms with van der Waals surface area (Å²) in [6, 6.07) is 3.98. The van der Waals surface area contributed by atoms with Gasteiger partial charge < -0.3 is 16.0 Å². The number of hydrogen-bond donors (Lipinski definition) is 2. The SMILES string of the molecule is CC(=O)NC1CCN(c2nc(C)ccc2N)C1. The van der Waals surface area contributed by atoms with Gasteiger partial charge in [-0.3, -0.25) is 4.79 Å². The molecule has 1 unspecified atom stereocenters. The zero-order valence-electron chi connectivity index (χ0n) is 10.2. The van der Waals surface area contributed by atoms with E-state index >= 15 is 0 Å². The van der Waals surface area contributed by atoms with E-state index in [9.17, 15) is 4.79 Å². The van der Waals surface area contributed by atoms with Crippen molar-refractivity contribution >= 4 is 17.4 Å². The fourth-order valence-corrected chi connectivity index (χ4v) is 2.16. The highest BCUT2D eigenvalue weighted by molar-refractivity contribution is 5.73. The molecule has 0 bridgehead atoms. The van der Waals surface area contributed by atoms with Gasteiger partial charge in [0.2, 0.25) is 5.91 Å². The Kier molecular flexibility index (Phi) is 3.17. The number of amides is 1. The predicted molar refractivity (Wildman–Crippen MR) is 67.8 cm³/mol. The third-order valence-electron chi connectivity index (χ3n) is 2.94. The molecule has 2 heterocycles. The summed E-state index contributed by atoms with van der Waals surface area (Å²) in [7, 11) is 0. The van der Waals surface area contributed by atoms with E-state index in [-0.39, 0.29) is 11.9 Å². The van der Waals surface area contributed by atoms with Crippen molar-refractivity contribution in [1.82, 2.24) is 10.3 Å². The van der Waals surface area contributed by atoms with E-state index in [0.29, 0.717) is 5.69 Å². The summed E-state index contributed by atoms with van der Waals surface area (Å²) in [5.74, 6) is 0.847. The van der Waals surface area contributed by atoms with Crippen molar-refractivity contribution in [3.05, 3.63) is 17.8 Å². The van der Waals surface area contributed by atoms with Crippen LogP contribution < -0.4 is 16.0 Å².